The van der Waals surface area contributed by atoms with Crippen LogP contribution in [-0.2, 0) is 0 Å². The molecule has 4 heteroatoms. The van der Waals surface area contributed by atoms with Gasteiger partial charge in [0.1, 0.15) is 0 Å². The second-order valence-corrected chi connectivity index (χ2v) is 5.30. The van der Waals surface area contributed by atoms with Crippen LogP contribution in [-0.4, -0.2) is 6.54 Å². The van der Waals surface area contributed by atoms with Crippen molar-refractivity contribution in [1.29, 1.82) is 0 Å². The highest BCUT2D eigenvalue weighted by atomic mass is 79.9. The topological polar surface area (TPSA) is 12.0 Å². The fourth-order valence-corrected chi connectivity index (χ4v) is 3.50. The SMILES string of the molecule is CCCNc1c(Br)cc(Br)cc1Br. The molecule has 1 rings (SSSR count). The lowest BCUT2D eigenvalue weighted by Gasteiger charge is -2.10. The maximum Gasteiger partial charge on any atom is 0.0629 e. The molecule has 0 atom stereocenters. The van der Waals surface area contributed by atoms with Gasteiger partial charge >= 0.3 is 0 Å². The lowest BCUT2D eigenvalue weighted by Crippen LogP contribution is -2.01. The summed E-state index contributed by atoms with van der Waals surface area (Å²) in [6.07, 6.45) is 1.12. The van der Waals surface area contributed by atoms with Gasteiger partial charge < -0.3 is 5.32 Å². The average Bonchev–Trinajstić information content (AvgIpc) is 2.02. The average molecular weight is 372 g/mol. The first-order valence-electron chi connectivity index (χ1n) is 4.03. The van der Waals surface area contributed by atoms with Crippen LogP contribution in [0, 0.1) is 0 Å². The molecule has 0 saturated carbocycles. The molecule has 1 N–H and O–H groups in total. The molecule has 13 heavy (non-hydrogen) atoms. The van der Waals surface area contributed by atoms with Crippen LogP contribution in [0.5, 0.6) is 0 Å². The molecule has 0 bridgehead atoms. The Bertz CT molecular complexity index is 276. The van der Waals surface area contributed by atoms with Gasteiger partial charge in [0.05, 0.1) is 5.69 Å². The zero-order chi connectivity index (χ0) is 9.84. The van der Waals surface area contributed by atoms with Gasteiger partial charge in [-0.1, -0.05) is 22.9 Å². The normalized spacial score (nSPS) is 10.2. The van der Waals surface area contributed by atoms with Gasteiger partial charge in [0.2, 0.25) is 0 Å². The number of rotatable bonds is 3. The van der Waals surface area contributed by atoms with E-state index in [0.29, 0.717) is 0 Å². The summed E-state index contributed by atoms with van der Waals surface area (Å²) in [7, 11) is 0. The van der Waals surface area contributed by atoms with Crippen molar-refractivity contribution in [2.24, 2.45) is 0 Å². The van der Waals surface area contributed by atoms with E-state index in [1.54, 1.807) is 0 Å². The first-order chi connectivity index (χ1) is 6.15. The first kappa shape index (κ1) is 11.5. The van der Waals surface area contributed by atoms with Crippen molar-refractivity contribution in [2.45, 2.75) is 13.3 Å². The molecule has 0 unspecified atom stereocenters. The largest absolute Gasteiger partial charge is 0.383 e. The fourth-order valence-electron chi connectivity index (χ4n) is 0.961. The summed E-state index contributed by atoms with van der Waals surface area (Å²) in [5, 5.41) is 3.34. The van der Waals surface area contributed by atoms with Crippen molar-refractivity contribution in [1.82, 2.24) is 0 Å². The number of benzene rings is 1. The Labute approximate surface area is 104 Å². The van der Waals surface area contributed by atoms with E-state index in [2.05, 4.69) is 60.0 Å². The first-order valence-corrected chi connectivity index (χ1v) is 6.41. The zero-order valence-corrected chi connectivity index (χ0v) is 12.0. The van der Waals surface area contributed by atoms with Crippen molar-refractivity contribution >= 4 is 53.5 Å². The molecule has 0 saturated heterocycles. The number of anilines is 1. The lowest BCUT2D eigenvalue weighted by molar-refractivity contribution is 0.977. The summed E-state index contributed by atoms with van der Waals surface area (Å²) in [5.74, 6) is 0. The maximum atomic E-state index is 3.51. The van der Waals surface area contributed by atoms with E-state index in [-0.39, 0.29) is 0 Å². The summed E-state index contributed by atoms with van der Waals surface area (Å²) in [4.78, 5) is 0. The number of halogens is 3. The van der Waals surface area contributed by atoms with Crippen molar-refractivity contribution in [3.8, 4) is 0 Å². The second-order valence-electron chi connectivity index (χ2n) is 2.67. The third-order valence-electron chi connectivity index (χ3n) is 1.56. The van der Waals surface area contributed by atoms with E-state index < -0.39 is 0 Å². The molecule has 0 aliphatic carbocycles. The lowest BCUT2D eigenvalue weighted by atomic mass is 10.3. The van der Waals surface area contributed by atoms with E-state index in [0.717, 1.165) is 32.1 Å². The van der Waals surface area contributed by atoms with Crippen LogP contribution in [0.2, 0.25) is 0 Å². The van der Waals surface area contributed by atoms with Gasteiger partial charge in [-0.05, 0) is 50.4 Å². The molecule has 0 aliphatic heterocycles. The summed E-state index contributed by atoms with van der Waals surface area (Å²) < 4.78 is 3.21. The van der Waals surface area contributed by atoms with Crippen LogP contribution in [0.3, 0.4) is 0 Å². The van der Waals surface area contributed by atoms with Crippen LogP contribution >= 0.6 is 47.8 Å². The van der Waals surface area contributed by atoms with E-state index >= 15 is 0 Å². The molecule has 0 amide bonds. The molecule has 0 spiro atoms. The molecule has 0 aliphatic rings. The minimum absolute atomic E-state index is 0.985. The molecule has 0 fully saturated rings. The zero-order valence-electron chi connectivity index (χ0n) is 7.20. The highest BCUT2D eigenvalue weighted by Crippen LogP contribution is 2.34. The molecule has 1 aromatic rings. The maximum absolute atomic E-state index is 3.51. The monoisotopic (exact) mass is 369 g/mol. The van der Waals surface area contributed by atoms with Gasteiger partial charge in [0, 0.05) is 20.0 Å². The van der Waals surface area contributed by atoms with Crippen molar-refractivity contribution < 1.29 is 0 Å². The number of nitrogens with one attached hydrogen (secondary N) is 1. The van der Waals surface area contributed by atoms with Gasteiger partial charge in [-0.2, -0.15) is 0 Å². The minimum Gasteiger partial charge on any atom is -0.383 e. The van der Waals surface area contributed by atoms with E-state index in [9.17, 15) is 0 Å². The minimum atomic E-state index is 0.985. The van der Waals surface area contributed by atoms with Gasteiger partial charge in [-0.3, -0.25) is 0 Å². The highest BCUT2D eigenvalue weighted by Gasteiger charge is 2.04. The molecule has 0 aromatic heterocycles. The standard InChI is InChI=1S/C9H10Br3N/c1-2-3-13-9-7(11)4-6(10)5-8(9)12/h4-5,13H,2-3H2,1H3. The second kappa shape index (κ2) is 5.37. The van der Waals surface area contributed by atoms with Crippen LogP contribution in [0.4, 0.5) is 5.69 Å². The quantitative estimate of drug-likeness (QED) is 0.805. The summed E-state index contributed by atoms with van der Waals surface area (Å²) >= 11 is 10.4. The third-order valence-corrected chi connectivity index (χ3v) is 3.27. The predicted molar refractivity (Wildman–Crippen MR) is 68.3 cm³/mol. The molecule has 1 nitrogen and oxygen atoms in total. The Kier molecular flexibility index (Phi) is 4.76. The Balaban J connectivity index is 2.92. The Morgan fingerprint density at radius 2 is 1.69 bits per heavy atom. The van der Waals surface area contributed by atoms with Gasteiger partial charge in [0.15, 0.2) is 0 Å². The molecule has 0 heterocycles. The smallest absolute Gasteiger partial charge is 0.0629 e. The van der Waals surface area contributed by atoms with Crippen molar-refractivity contribution in [2.75, 3.05) is 11.9 Å². The van der Waals surface area contributed by atoms with Gasteiger partial charge in [-0.15, -0.1) is 0 Å². The number of hydrogen-bond donors (Lipinski definition) is 1. The summed E-state index contributed by atoms with van der Waals surface area (Å²) in [6, 6.07) is 4.06. The fraction of sp³-hybridized carbons (Fsp3) is 0.333. The molecular formula is C9H10Br3N. The summed E-state index contributed by atoms with van der Waals surface area (Å²) in [5.41, 5.74) is 1.12. The van der Waals surface area contributed by atoms with Crippen molar-refractivity contribution in [3.05, 3.63) is 25.6 Å². The van der Waals surface area contributed by atoms with E-state index in [1.807, 2.05) is 12.1 Å². The van der Waals surface area contributed by atoms with E-state index in [4.69, 9.17) is 0 Å². The highest BCUT2D eigenvalue weighted by molar-refractivity contribution is 9.11. The van der Waals surface area contributed by atoms with Gasteiger partial charge in [0.25, 0.3) is 0 Å². The van der Waals surface area contributed by atoms with E-state index in [1.165, 1.54) is 0 Å². The Morgan fingerprint density at radius 1 is 1.15 bits per heavy atom. The van der Waals surface area contributed by atoms with Crippen LogP contribution in [0.25, 0.3) is 0 Å². The van der Waals surface area contributed by atoms with Crippen LogP contribution in [0.15, 0.2) is 25.6 Å². The molecule has 0 radical (unpaired) electrons. The van der Waals surface area contributed by atoms with Crippen molar-refractivity contribution in [3.63, 3.8) is 0 Å². The van der Waals surface area contributed by atoms with Gasteiger partial charge in [-0.25, -0.2) is 0 Å². The predicted octanol–water partition coefficient (Wildman–Crippen LogP) is 4.80. The van der Waals surface area contributed by atoms with Crippen LogP contribution < -0.4 is 5.32 Å². The Hall–Kier alpha value is 0.460. The summed E-state index contributed by atoms with van der Waals surface area (Å²) in [6.45, 7) is 3.13. The van der Waals surface area contributed by atoms with Crippen LogP contribution in [0.1, 0.15) is 13.3 Å². The molecular weight excluding hydrogens is 362 g/mol. The third kappa shape index (κ3) is 3.26. The molecule has 1 aromatic carbocycles. The molecule has 72 valence electrons. The number of hydrogen-bond acceptors (Lipinski definition) is 1. The Morgan fingerprint density at radius 3 is 2.15 bits per heavy atom.